The van der Waals surface area contributed by atoms with E-state index in [2.05, 4.69) is 22.4 Å². The summed E-state index contributed by atoms with van der Waals surface area (Å²) in [4.78, 5) is 12.5. The van der Waals surface area contributed by atoms with Crippen molar-refractivity contribution in [3.8, 4) is 5.69 Å². The lowest BCUT2D eigenvalue weighted by atomic mass is 10.1. The van der Waals surface area contributed by atoms with E-state index >= 15 is 0 Å². The van der Waals surface area contributed by atoms with Gasteiger partial charge in [0.25, 0.3) is 0 Å². The monoisotopic (exact) mass is 468 g/mol. The molecule has 33 heavy (non-hydrogen) atoms. The number of hydrogen-bond donors (Lipinski definition) is 1. The third-order valence-corrected chi connectivity index (χ3v) is 6.50. The number of carbonyl (C=O) groups excluding carboxylic acids is 1. The quantitative estimate of drug-likeness (QED) is 0.242. The molecule has 0 saturated heterocycles. The van der Waals surface area contributed by atoms with Crippen LogP contribution in [0.5, 0.6) is 0 Å². The van der Waals surface area contributed by atoms with Gasteiger partial charge in [0.1, 0.15) is 5.82 Å². The molecule has 0 radical (unpaired) electrons. The topological polar surface area (TPSA) is 59.8 Å². The van der Waals surface area contributed by atoms with E-state index in [1.165, 1.54) is 48.7 Å². The number of amides is 1. The normalized spacial score (nSPS) is 12.0. The van der Waals surface area contributed by atoms with Gasteiger partial charge in [0, 0.05) is 17.9 Å². The average Bonchev–Trinajstić information content (AvgIpc) is 3.23. The number of nitrogens with one attached hydrogen (secondary N) is 1. The fourth-order valence-corrected chi connectivity index (χ4v) is 4.50. The predicted octanol–water partition coefficient (Wildman–Crippen LogP) is 6.54. The molecule has 1 amide bonds. The molecule has 0 bridgehead atoms. The van der Waals surface area contributed by atoms with Crippen LogP contribution < -0.4 is 5.32 Å². The van der Waals surface area contributed by atoms with Crippen LogP contribution in [0, 0.1) is 12.7 Å². The Kier molecular flexibility index (Phi) is 9.48. The molecule has 0 aliphatic rings. The van der Waals surface area contributed by atoms with Crippen molar-refractivity contribution in [2.45, 2.75) is 76.2 Å². The van der Waals surface area contributed by atoms with E-state index in [1.54, 1.807) is 12.1 Å². The average molecular weight is 469 g/mol. The number of aryl methyl sites for hydroxylation is 1. The second kappa shape index (κ2) is 12.5. The number of hydrogen-bond acceptors (Lipinski definition) is 4. The third-order valence-electron chi connectivity index (χ3n) is 5.50. The number of aromatic nitrogens is 3. The Labute approximate surface area is 200 Å². The lowest BCUT2D eigenvalue weighted by molar-refractivity contribution is -0.121. The first-order valence-electron chi connectivity index (χ1n) is 11.7. The third kappa shape index (κ3) is 7.42. The number of unbranched alkanes of at least 4 members (excludes halogenated alkanes) is 4. The van der Waals surface area contributed by atoms with Crippen molar-refractivity contribution in [1.29, 1.82) is 0 Å². The van der Waals surface area contributed by atoms with Gasteiger partial charge in [-0.25, -0.2) is 4.39 Å². The van der Waals surface area contributed by atoms with E-state index in [0.29, 0.717) is 18.0 Å². The van der Waals surface area contributed by atoms with Crippen LogP contribution in [0.25, 0.3) is 5.69 Å². The van der Waals surface area contributed by atoms with Gasteiger partial charge in [-0.1, -0.05) is 74.2 Å². The molecule has 1 heterocycles. The Hall–Kier alpha value is -2.67. The Bertz CT molecular complexity index is 1020. The summed E-state index contributed by atoms with van der Waals surface area (Å²) in [7, 11) is 0. The van der Waals surface area contributed by atoms with Crippen molar-refractivity contribution in [2.75, 3.05) is 0 Å². The molecule has 3 rings (SSSR count). The first-order chi connectivity index (χ1) is 16.0. The molecule has 0 saturated carbocycles. The van der Waals surface area contributed by atoms with E-state index in [9.17, 15) is 9.18 Å². The lowest BCUT2D eigenvalue weighted by Crippen LogP contribution is -2.28. The highest BCUT2D eigenvalue weighted by Gasteiger charge is 2.21. The molecule has 3 aromatic rings. The second-order valence-electron chi connectivity index (χ2n) is 8.38. The Balaban J connectivity index is 1.74. The molecular weight excluding hydrogens is 435 g/mol. The first kappa shape index (κ1) is 25.0. The van der Waals surface area contributed by atoms with Crippen LogP contribution in [0.3, 0.4) is 0 Å². The molecule has 0 aliphatic heterocycles. The van der Waals surface area contributed by atoms with Crippen LogP contribution in [0.15, 0.2) is 53.7 Å². The van der Waals surface area contributed by atoms with Gasteiger partial charge in [0.05, 0.1) is 6.04 Å². The van der Waals surface area contributed by atoms with Gasteiger partial charge in [-0.3, -0.25) is 9.36 Å². The minimum absolute atomic E-state index is 0.0398. The summed E-state index contributed by atoms with van der Waals surface area (Å²) in [6, 6.07) is 14.4. The molecule has 0 spiro atoms. The molecule has 1 N–H and O–H groups in total. The van der Waals surface area contributed by atoms with Gasteiger partial charge in [-0.15, -0.1) is 10.2 Å². The van der Waals surface area contributed by atoms with E-state index in [0.717, 1.165) is 29.2 Å². The molecule has 0 fully saturated rings. The maximum absolute atomic E-state index is 13.2. The fourth-order valence-electron chi connectivity index (χ4n) is 3.59. The second-order valence-corrected chi connectivity index (χ2v) is 9.32. The number of benzene rings is 2. The van der Waals surface area contributed by atoms with Gasteiger partial charge < -0.3 is 5.32 Å². The standard InChI is InChI=1S/C26H33FN4OS/c1-4-5-6-7-8-9-24(32)28-20(3)25-29-30-26(31(25)23-16-10-19(2)11-17-23)33-18-21-12-14-22(27)15-13-21/h10-17,20H,4-9,18H2,1-3H3,(H,28,32). The number of rotatable bonds is 12. The maximum atomic E-state index is 13.2. The minimum atomic E-state index is -0.276. The van der Waals surface area contributed by atoms with Crippen molar-refractivity contribution < 1.29 is 9.18 Å². The van der Waals surface area contributed by atoms with Crippen LogP contribution in [0.2, 0.25) is 0 Å². The van der Waals surface area contributed by atoms with Crippen molar-refractivity contribution in [1.82, 2.24) is 20.1 Å². The Morgan fingerprint density at radius 3 is 2.42 bits per heavy atom. The number of carbonyl (C=O) groups is 1. The van der Waals surface area contributed by atoms with E-state index in [-0.39, 0.29) is 17.8 Å². The summed E-state index contributed by atoms with van der Waals surface area (Å²) >= 11 is 1.54. The van der Waals surface area contributed by atoms with E-state index in [1.807, 2.05) is 42.7 Å². The van der Waals surface area contributed by atoms with Crippen LogP contribution in [0.1, 0.15) is 75.4 Å². The molecule has 5 nitrogen and oxygen atoms in total. The highest BCUT2D eigenvalue weighted by atomic mass is 32.2. The summed E-state index contributed by atoms with van der Waals surface area (Å²) in [5, 5.41) is 12.7. The number of halogens is 1. The summed E-state index contributed by atoms with van der Waals surface area (Å²) in [5.74, 6) is 1.13. The SMILES string of the molecule is CCCCCCCC(=O)NC(C)c1nnc(SCc2ccc(F)cc2)n1-c1ccc(C)cc1. The highest BCUT2D eigenvalue weighted by molar-refractivity contribution is 7.98. The molecule has 1 unspecified atom stereocenters. The molecule has 7 heteroatoms. The fraction of sp³-hybridized carbons (Fsp3) is 0.423. The molecular formula is C26H33FN4OS. The van der Waals surface area contributed by atoms with Gasteiger partial charge in [-0.2, -0.15) is 0 Å². The van der Waals surface area contributed by atoms with Crippen LogP contribution in [-0.2, 0) is 10.5 Å². The molecule has 2 aromatic carbocycles. The van der Waals surface area contributed by atoms with Gasteiger partial charge in [0.15, 0.2) is 11.0 Å². The van der Waals surface area contributed by atoms with E-state index < -0.39 is 0 Å². The molecule has 1 atom stereocenters. The maximum Gasteiger partial charge on any atom is 0.220 e. The zero-order chi connectivity index (χ0) is 23.6. The van der Waals surface area contributed by atoms with Crippen molar-refractivity contribution >= 4 is 17.7 Å². The summed E-state index contributed by atoms with van der Waals surface area (Å²) in [6.07, 6.45) is 6.10. The summed E-state index contributed by atoms with van der Waals surface area (Å²) in [5.41, 5.74) is 3.12. The van der Waals surface area contributed by atoms with Crippen LogP contribution in [0.4, 0.5) is 4.39 Å². The first-order valence-corrected chi connectivity index (χ1v) is 12.7. The van der Waals surface area contributed by atoms with Gasteiger partial charge >= 0.3 is 0 Å². The Morgan fingerprint density at radius 2 is 1.73 bits per heavy atom. The van der Waals surface area contributed by atoms with Gasteiger partial charge in [0.2, 0.25) is 5.91 Å². The zero-order valence-corrected chi connectivity index (χ0v) is 20.5. The van der Waals surface area contributed by atoms with Crippen molar-refractivity contribution in [3.05, 3.63) is 71.3 Å². The highest BCUT2D eigenvalue weighted by Crippen LogP contribution is 2.28. The number of nitrogens with zero attached hydrogens (tertiary/aromatic N) is 3. The summed E-state index contributed by atoms with van der Waals surface area (Å²) < 4.78 is 15.2. The largest absolute Gasteiger partial charge is 0.346 e. The van der Waals surface area contributed by atoms with Crippen LogP contribution >= 0.6 is 11.8 Å². The number of thioether (sulfide) groups is 1. The van der Waals surface area contributed by atoms with Crippen molar-refractivity contribution in [3.63, 3.8) is 0 Å². The van der Waals surface area contributed by atoms with E-state index in [4.69, 9.17) is 0 Å². The Morgan fingerprint density at radius 1 is 1.03 bits per heavy atom. The molecule has 176 valence electrons. The predicted molar refractivity (Wildman–Crippen MR) is 132 cm³/mol. The lowest BCUT2D eigenvalue weighted by Gasteiger charge is -2.16. The minimum Gasteiger partial charge on any atom is -0.346 e. The zero-order valence-electron chi connectivity index (χ0n) is 19.7. The van der Waals surface area contributed by atoms with Crippen LogP contribution in [-0.4, -0.2) is 20.7 Å². The molecule has 0 aliphatic carbocycles. The molecule has 1 aromatic heterocycles. The smallest absolute Gasteiger partial charge is 0.220 e. The van der Waals surface area contributed by atoms with Crippen molar-refractivity contribution in [2.24, 2.45) is 0 Å². The van der Waals surface area contributed by atoms with Gasteiger partial charge in [-0.05, 0) is 50.1 Å². The summed E-state index contributed by atoms with van der Waals surface area (Å²) in [6.45, 7) is 6.17.